The van der Waals surface area contributed by atoms with Gasteiger partial charge in [0.1, 0.15) is 5.69 Å². The average molecular weight is 488 g/mol. The van der Waals surface area contributed by atoms with Crippen molar-refractivity contribution in [1.82, 2.24) is 4.57 Å². The van der Waals surface area contributed by atoms with Crippen molar-refractivity contribution in [2.75, 3.05) is 0 Å². The number of halogens is 1. The molecule has 4 aromatic carbocycles. The van der Waals surface area contributed by atoms with Gasteiger partial charge in [-0.1, -0.05) is 96.5 Å². The van der Waals surface area contributed by atoms with E-state index in [0.29, 0.717) is 38.7 Å². The SMILES string of the molecule is O=C1c2ccccc2C(=O)c2c1c(C(=O)c1ccccc1)c(-c1ccccc1)n2-c1ccc(Cl)cc1. The summed E-state index contributed by atoms with van der Waals surface area (Å²) in [6.45, 7) is 0. The van der Waals surface area contributed by atoms with E-state index in [1.165, 1.54) is 0 Å². The van der Waals surface area contributed by atoms with E-state index in [9.17, 15) is 14.4 Å². The minimum Gasteiger partial charge on any atom is -0.305 e. The largest absolute Gasteiger partial charge is 0.305 e. The van der Waals surface area contributed by atoms with Crippen LogP contribution in [-0.4, -0.2) is 21.9 Å². The molecule has 5 aromatic rings. The van der Waals surface area contributed by atoms with Crippen molar-refractivity contribution in [3.05, 3.63) is 148 Å². The zero-order valence-corrected chi connectivity index (χ0v) is 19.7. The second-order valence-electron chi connectivity index (χ2n) is 8.52. The molecule has 36 heavy (non-hydrogen) atoms. The van der Waals surface area contributed by atoms with Crippen molar-refractivity contribution in [2.24, 2.45) is 0 Å². The molecule has 0 atom stereocenters. The summed E-state index contributed by atoms with van der Waals surface area (Å²) in [6.07, 6.45) is 0. The minimum atomic E-state index is -0.343. The Morgan fingerprint density at radius 2 is 1.17 bits per heavy atom. The molecule has 0 unspecified atom stereocenters. The van der Waals surface area contributed by atoms with Crippen LogP contribution in [0.5, 0.6) is 0 Å². The number of hydrogen-bond acceptors (Lipinski definition) is 3. The van der Waals surface area contributed by atoms with Gasteiger partial charge in [0, 0.05) is 27.4 Å². The molecule has 0 aliphatic heterocycles. The zero-order chi connectivity index (χ0) is 24.8. The first-order valence-corrected chi connectivity index (χ1v) is 11.8. The van der Waals surface area contributed by atoms with Gasteiger partial charge in [-0.25, -0.2) is 0 Å². The van der Waals surface area contributed by atoms with Crippen molar-refractivity contribution < 1.29 is 14.4 Å². The molecule has 0 N–H and O–H groups in total. The molecule has 1 aromatic heterocycles. The summed E-state index contributed by atoms with van der Waals surface area (Å²) >= 11 is 6.17. The van der Waals surface area contributed by atoms with Crippen LogP contribution in [0.25, 0.3) is 16.9 Å². The van der Waals surface area contributed by atoms with Crippen molar-refractivity contribution >= 4 is 29.0 Å². The van der Waals surface area contributed by atoms with Crippen LogP contribution in [0.2, 0.25) is 5.02 Å². The number of carbonyl (C=O) groups excluding carboxylic acids is 3. The number of fused-ring (bicyclic) bond motifs is 2. The predicted molar refractivity (Wildman–Crippen MR) is 139 cm³/mol. The van der Waals surface area contributed by atoms with Gasteiger partial charge < -0.3 is 4.57 Å². The number of carbonyl (C=O) groups is 3. The van der Waals surface area contributed by atoms with Gasteiger partial charge in [-0.15, -0.1) is 0 Å². The Kier molecular flexibility index (Phi) is 5.24. The number of benzene rings is 4. The van der Waals surface area contributed by atoms with Gasteiger partial charge in [0.15, 0.2) is 11.6 Å². The monoisotopic (exact) mass is 487 g/mol. The van der Waals surface area contributed by atoms with Crippen LogP contribution < -0.4 is 0 Å². The van der Waals surface area contributed by atoms with E-state index in [2.05, 4.69) is 0 Å². The summed E-state index contributed by atoms with van der Waals surface area (Å²) < 4.78 is 1.73. The number of aromatic nitrogens is 1. The van der Waals surface area contributed by atoms with E-state index >= 15 is 0 Å². The molecule has 1 aliphatic carbocycles. The molecule has 5 heteroatoms. The second-order valence-corrected chi connectivity index (χ2v) is 8.96. The van der Waals surface area contributed by atoms with Gasteiger partial charge in [-0.2, -0.15) is 0 Å². The van der Waals surface area contributed by atoms with E-state index in [1.54, 1.807) is 77.4 Å². The highest BCUT2D eigenvalue weighted by molar-refractivity contribution is 6.33. The average Bonchev–Trinajstić information content (AvgIpc) is 3.29. The van der Waals surface area contributed by atoms with Crippen molar-refractivity contribution in [2.45, 2.75) is 0 Å². The molecule has 172 valence electrons. The molecule has 0 amide bonds. The maximum atomic E-state index is 14.1. The molecule has 0 bridgehead atoms. The summed E-state index contributed by atoms with van der Waals surface area (Å²) in [7, 11) is 0. The number of nitrogens with zero attached hydrogens (tertiary/aromatic N) is 1. The number of hydrogen-bond donors (Lipinski definition) is 0. The third-order valence-electron chi connectivity index (χ3n) is 6.42. The summed E-state index contributed by atoms with van der Waals surface area (Å²) in [6, 6.07) is 31.9. The molecule has 0 radical (unpaired) electrons. The highest BCUT2D eigenvalue weighted by Crippen LogP contribution is 2.41. The third kappa shape index (κ3) is 3.35. The quantitative estimate of drug-likeness (QED) is 0.257. The van der Waals surface area contributed by atoms with Crippen LogP contribution in [-0.2, 0) is 0 Å². The van der Waals surface area contributed by atoms with E-state index < -0.39 is 0 Å². The normalized spacial score (nSPS) is 12.2. The molecule has 1 heterocycles. The molecular weight excluding hydrogens is 470 g/mol. The first kappa shape index (κ1) is 22.0. The van der Waals surface area contributed by atoms with Crippen molar-refractivity contribution in [3.63, 3.8) is 0 Å². The Bertz CT molecular complexity index is 1670. The maximum Gasteiger partial charge on any atom is 0.211 e. The topological polar surface area (TPSA) is 56.1 Å². The van der Waals surface area contributed by atoms with Gasteiger partial charge in [0.2, 0.25) is 5.78 Å². The Labute approximate surface area is 212 Å². The molecular formula is C31H18ClNO3. The molecule has 0 saturated carbocycles. The lowest BCUT2D eigenvalue weighted by atomic mass is 9.84. The van der Waals surface area contributed by atoms with Gasteiger partial charge in [0.25, 0.3) is 0 Å². The van der Waals surface area contributed by atoms with Crippen LogP contribution >= 0.6 is 11.6 Å². The first-order valence-electron chi connectivity index (χ1n) is 11.4. The summed E-state index contributed by atoms with van der Waals surface area (Å²) in [5.41, 5.74) is 3.40. The summed E-state index contributed by atoms with van der Waals surface area (Å²) in [5.74, 6) is -0.970. The first-order chi connectivity index (χ1) is 17.6. The smallest absolute Gasteiger partial charge is 0.211 e. The zero-order valence-electron chi connectivity index (χ0n) is 18.9. The van der Waals surface area contributed by atoms with Crippen molar-refractivity contribution in [1.29, 1.82) is 0 Å². The Morgan fingerprint density at radius 1 is 0.611 bits per heavy atom. The van der Waals surface area contributed by atoms with E-state index in [4.69, 9.17) is 11.6 Å². The Balaban J connectivity index is 1.78. The van der Waals surface area contributed by atoms with Crippen LogP contribution in [0.3, 0.4) is 0 Å². The lowest BCUT2D eigenvalue weighted by Gasteiger charge is -2.18. The third-order valence-corrected chi connectivity index (χ3v) is 6.68. The fourth-order valence-corrected chi connectivity index (χ4v) is 4.95. The van der Waals surface area contributed by atoms with Gasteiger partial charge in [-0.3, -0.25) is 14.4 Å². The van der Waals surface area contributed by atoms with E-state index in [0.717, 1.165) is 0 Å². The molecule has 4 nitrogen and oxygen atoms in total. The van der Waals surface area contributed by atoms with Gasteiger partial charge in [0.05, 0.1) is 16.8 Å². The standard InChI is InChI=1S/C31H18ClNO3/c32-21-15-17-22(18-16-21)33-27(19-9-3-1-4-10-19)25(29(34)20-11-5-2-6-12-20)26-28(33)31(36)24-14-8-7-13-23(24)30(26)35/h1-18H. The molecule has 0 fully saturated rings. The molecule has 0 spiro atoms. The van der Waals surface area contributed by atoms with E-state index in [1.807, 2.05) is 36.4 Å². The fraction of sp³-hybridized carbons (Fsp3) is 0. The Hall–Kier alpha value is -4.54. The summed E-state index contributed by atoms with van der Waals surface area (Å²) in [4.78, 5) is 42.0. The lowest BCUT2D eigenvalue weighted by Crippen LogP contribution is -2.23. The molecule has 1 aliphatic rings. The van der Waals surface area contributed by atoms with Crippen LogP contribution in [0, 0.1) is 0 Å². The van der Waals surface area contributed by atoms with E-state index in [-0.39, 0.29) is 34.2 Å². The van der Waals surface area contributed by atoms with Gasteiger partial charge in [-0.05, 0) is 29.8 Å². The Morgan fingerprint density at radius 3 is 1.81 bits per heavy atom. The van der Waals surface area contributed by atoms with Crippen molar-refractivity contribution in [3.8, 4) is 16.9 Å². The highest BCUT2D eigenvalue weighted by atomic mass is 35.5. The van der Waals surface area contributed by atoms with Crippen LogP contribution in [0.1, 0.15) is 47.9 Å². The lowest BCUT2D eigenvalue weighted by molar-refractivity contribution is 0.0970. The maximum absolute atomic E-state index is 14.1. The van der Waals surface area contributed by atoms with Crippen LogP contribution in [0.15, 0.2) is 109 Å². The fourth-order valence-electron chi connectivity index (χ4n) is 4.82. The second kappa shape index (κ2) is 8.59. The molecule has 0 saturated heterocycles. The summed E-state index contributed by atoms with van der Waals surface area (Å²) in [5, 5.41) is 0.536. The van der Waals surface area contributed by atoms with Gasteiger partial charge >= 0.3 is 0 Å². The highest BCUT2D eigenvalue weighted by Gasteiger charge is 2.40. The number of ketones is 3. The molecule has 6 rings (SSSR count). The number of rotatable bonds is 4. The van der Waals surface area contributed by atoms with Crippen LogP contribution in [0.4, 0.5) is 0 Å². The minimum absolute atomic E-state index is 0.126. The predicted octanol–water partition coefficient (Wildman–Crippen LogP) is 6.80.